The van der Waals surface area contributed by atoms with Crippen molar-refractivity contribution in [1.29, 1.82) is 0 Å². The molecule has 6 heteroatoms. The fourth-order valence-electron chi connectivity index (χ4n) is 4.41. The Balaban J connectivity index is 1.32. The number of likely N-dealkylation sites (tertiary alicyclic amines) is 1. The third-order valence-electron chi connectivity index (χ3n) is 6.10. The van der Waals surface area contributed by atoms with Crippen molar-refractivity contribution in [3.8, 4) is 11.5 Å². The van der Waals surface area contributed by atoms with Crippen molar-refractivity contribution in [3.63, 3.8) is 0 Å². The van der Waals surface area contributed by atoms with Gasteiger partial charge in [-0.1, -0.05) is 54.6 Å². The molecule has 2 aliphatic heterocycles. The lowest BCUT2D eigenvalue weighted by molar-refractivity contribution is -0.125. The van der Waals surface area contributed by atoms with E-state index in [-0.39, 0.29) is 30.4 Å². The summed E-state index contributed by atoms with van der Waals surface area (Å²) in [6.07, 6.45) is 0. The Morgan fingerprint density at radius 3 is 2.38 bits per heavy atom. The van der Waals surface area contributed by atoms with Crippen molar-refractivity contribution in [2.24, 2.45) is 5.92 Å². The molecule has 1 fully saturated rings. The maximum atomic E-state index is 13.2. The van der Waals surface area contributed by atoms with E-state index in [2.05, 4.69) is 5.32 Å². The standard InChI is InChI=1S/C26H24N2O4/c29-25(27-14-18-11-12-23-24(13-18)32-17-31-23)22-16-28(26(30)20-9-5-2-6-10-20)15-21(22)19-7-3-1-4-8-19/h1-13,21-22H,14-17H2,(H,27,29)/t21-,22-/m0/s1. The molecule has 32 heavy (non-hydrogen) atoms. The minimum atomic E-state index is -0.320. The SMILES string of the molecule is O=C(NCc1ccc2c(c1)OCO2)[C@H]1CN(C(=O)c2ccccc2)C[C@H]1c1ccccc1. The first-order chi connectivity index (χ1) is 15.7. The van der Waals surface area contributed by atoms with Gasteiger partial charge in [0.25, 0.3) is 5.91 Å². The summed E-state index contributed by atoms with van der Waals surface area (Å²) in [5.74, 6) is 0.937. The molecule has 0 spiro atoms. The average Bonchev–Trinajstić information content (AvgIpc) is 3.50. The Morgan fingerprint density at radius 2 is 1.59 bits per heavy atom. The Bertz CT molecular complexity index is 1120. The van der Waals surface area contributed by atoms with Crippen LogP contribution in [0.3, 0.4) is 0 Å². The van der Waals surface area contributed by atoms with Crippen molar-refractivity contribution in [2.45, 2.75) is 12.5 Å². The molecule has 2 heterocycles. The second-order valence-corrected chi connectivity index (χ2v) is 8.11. The predicted molar refractivity (Wildman–Crippen MR) is 119 cm³/mol. The van der Waals surface area contributed by atoms with E-state index in [4.69, 9.17) is 9.47 Å². The molecule has 0 unspecified atom stereocenters. The molecule has 1 N–H and O–H groups in total. The summed E-state index contributed by atoms with van der Waals surface area (Å²) in [6.45, 7) is 1.51. The second kappa shape index (κ2) is 8.75. The van der Waals surface area contributed by atoms with Gasteiger partial charge in [0.15, 0.2) is 11.5 Å². The van der Waals surface area contributed by atoms with Gasteiger partial charge >= 0.3 is 0 Å². The monoisotopic (exact) mass is 428 g/mol. The van der Waals surface area contributed by atoms with E-state index in [1.165, 1.54) is 0 Å². The number of benzene rings is 3. The highest BCUT2D eigenvalue weighted by Crippen LogP contribution is 2.35. The Hall–Kier alpha value is -3.80. The van der Waals surface area contributed by atoms with Gasteiger partial charge in [0, 0.05) is 31.1 Å². The van der Waals surface area contributed by atoms with Crippen LogP contribution in [0.25, 0.3) is 0 Å². The van der Waals surface area contributed by atoms with Gasteiger partial charge in [-0.25, -0.2) is 0 Å². The van der Waals surface area contributed by atoms with Crippen molar-refractivity contribution >= 4 is 11.8 Å². The van der Waals surface area contributed by atoms with Gasteiger partial charge in [0.1, 0.15) is 0 Å². The van der Waals surface area contributed by atoms with E-state index >= 15 is 0 Å². The van der Waals surface area contributed by atoms with Crippen LogP contribution in [-0.4, -0.2) is 36.6 Å². The molecule has 2 atom stereocenters. The van der Waals surface area contributed by atoms with E-state index < -0.39 is 0 Å². The third kappa shape index (κ3) is 4.04. The first-order valence-corrected chi connectivity index (χ1v) is 10.7. The van der Waals surface area contributed by atoms with E-state index in [0.29, 0.717) is 30.9 Å². The molecule has 0 aromatic heterocycles. The van der Waals surface area contributed by atoms with Crippen LogP contribution < -0.4 is 14.8 Å². The molecule has 0 radical (unpaired) electrons. The molecule has 162 valence electrons. The number of fused-ring (bicyclic) bond motifs is 1. The summed E-state index contributed by atoms with van der Waals surface area (Å²) >= 11 is 0. The summed E-state index contributed by atoms with van der Waals surface area (Å²) in [5.41, 5.74) is 2.65. The van der Waals surface area contributed by atoms with Gasteiger partial charge in [-0.3, -0.25) is 9.59 Å². The van der Waals surface area contributed by atoms with Crippen LogP contribution >= 0.6 is 0 Å². The number of hydrogen-bond donors (Lipinski definition) is 1. The summed E-state index contributed by atoms with van der Waals surface area (Å²) in [7, 11) is 0. The lowest BCUT2D eigenvalue weighted by Gasteiger charge is -2.18. The van der Waals surface area contributed by atoms with Crippen molar-refractivity contribution in [1.82, 2.24) is 10.2 Å². The van der Waals surface area contributed by atoms with Gasteiger partial charge < -0.3 is 19.7 Å². The third-order valence-corrected chi connectivity index (χ3v) is 6.10. The largest absolute Gasteiger partial charge is 0.454 e. The van der Waals surface area contributed by atoms with Gasteiger partial charge in [-0.15, -0.1) is 0 Å². The highest BCUT2D eigenvalue weighted by atomic mass is 16.7. The molecule has 2 aliphatic rings. The number of amides is 2. The zero-order chi connectivity index (χ0) is 21.9. The molecule has 3 aromatic carbocycles. The summed E-state index contributed by atoms with van der Waals surface area (Å²) in [4.78, 5) is 28.1. The second-order valence-electron chi connectivity index (χ2n) is 8.11. The minimum absolute atomic E-state index is 0.0439. The molecule has 2 amide bonds. The first kappa shape index (κ1) is 20.1. The quantitative estimate of drug-likeness (QED) is 0.675. The van der Waals surface area contributed by atoms with Gasteiger partial charge in [-0.05, 0) is 35.4 Å². The molecule has 5 rings (SSSR count). The predicted octanol–water partition coefficient (Wildman–Crippen LogP) is 3.59. The van der Waals surface area contributed by atoms with Gasteiger partial charge in [0.05, 0.1) is 5.92 Å². The molecule has 6 nitrogen and oxygen atoms in total. The number of ether oxygens (including phenoxy) is 2. The molecule has 3 aromatic rings. The van der Waals surface area contributed by atoms with Crippen molar-refractivity contribution in [3.05, 3.63) is 95.6 Å². The summed E-state index contributed by atoms with van der Waals surface area (Å²) in [6, 6.07) is 24.8. The van der Waals surface area contributed by atoms with Gasteiger partial charge in [0.2, 0.25) is 12.7 Å². The van der Waals surface area contributed by atoms with Crippen molar-refractivity contribution < 1.29 is 19.1 Å². The highest BCUT2D eigenvalue weighted by molar-refractivity contribution is 5.95. The Morgan fingerprint density at radius 1 is 0.875 bits per heavy atom. The number of carbonyl (C=O) groups is 2. The topological polar surface area (TPSA) is 67.9 Å². The van der Waals surface area contributed by atoms with Crippen LogP contribution in [0.4, 0.5) is 0 Å². The Kier molecular flexibility index (Phi) is 5.50. The number of nitrogens with one attached hydrogen (secondary N) is 1. The molecular formula is C26H24N2O4. The van der Waals surface area contributed by atoms with Crippen LogP contribution in [0.5, 0.6) is 11.5 Å². The number of nitrogens with zero attached hydrogens (tertiary/aromatic N) is 1. The lowest BCUT2D eigenvalue weighted by atomic mass is 9.88. The summed E-state index contributed by atoms with van der Waals surface area (Å²) < 4.78 is 10.8. The summed E-state index contributed by atoms with van der Waals surface area (Å²) in [5, 5.41) is 3.06. The minimum Gasteiger partial charge on any atom is -0.454 e. The highest BCUT2D eigenvalue weighted by Gasteiger charge is 2.40. The zero-order valence-electron chi connectivity index (χ0n) is 17.6. The average molecular weight is 428 g/mol. The maximum Gasteiger partial charge on any atom is 0.253 e. The van der Waals surface area contributed by atoms with E-state index in [9.17, 15) is 9.59 Å². The van der Waals surface area contributed by atoms with Gasteiger partial charge in [-0.2, -0.15) is 0 Å². The van der Waals surface area contributed by atoms with Crippen molar-refractivity contribution in [2.75, 3.05) is 19.9 Å². The maximum absolute atomic E-state index is 13.2. The fourth-order valence-corrected chi connectivity index (χ4v) is 4.41. The van der Waals surface area contributed by atoms with E-state index in [1.807, 2.05) is 78.9 Å². The van der Waals surface area contributed by atoms with Crippen LogP contribution in [0.15, 0.2) is 78.9 Å². The number of hydrogen-bond acceptors (Lipinski definition) is 4. The van der Waals surface area contributed by atoms with Crippen LogP contribution in [0, 0.1) is 5.92 Å². The molecule has 0 bridgehead atoms. The van der Waals surface area contributed by atoms with Crippen LogP contribution in [-0.2, 0) is 11.3 Å². The Labute approximate surface area is 186 Å². The molecular weight excluding hydrogens is 404 g/mol. The molecule has 0 aliphatic carbocycles. The first-order valence-electron chi connectivity index (χ1n) is 10.7. The van der Waals surface area contributed by atoms with E-state index in [0.717, 1.165) is 16.9 Å². The molecule has 0 saturated carbocycles. The number of carbonyl (C=O) groups excluding carboxylic acids is 2. The lowest BCUT2D eigenvalue weighted by Crippen LogP contribution is -2.35. The van der Waals surface area contributed by atoms with E-state index in [1.54, 1.807) is 4.90 Å². The number of rotatable bonds is 5. The van der Waals surface area contributed by atoms with Crippen LogP contribution in [0.1, 0.15) is 27.4 Å². The fraction of sp³-hybridized carbons (Fsp3) is 0.231. The van der Waals surface area contributed by atoms with Crippen LogP contribution in [0.2, 0.25) is 0 Å². The zero-order valence-corrected chi connectivity index (χ0v) is 17.6. The normalized spacial score (nSPS) is 19.1. The molecule has 1 saturated heterocycles. The smallest absolute Gasteiger partial charge is 0.253 e.